The van der Waals surface area contributed by atoms with Crippen molar-refractivity contribution in [3.8, 4) is 17.1 Å². The van der Waals surface area contributed by atoms with Crippen LogP contribution in [0.4, 0.5) is 11.6 Å². The van der Waals surface area contributed by atoms with Crippen LogP contribution in [0.5, 0.6) is 5.75 Å². The summed E-state index contributed by atoms with van der Waals surface area (Å²) in [5.41, 5.74) is 4.35. The molecule has 5 rings (SSSR count). The molecule has 1 aromatic carbocycles. The summed E-state index contributed by atoms with van der Waals surface area (Å²) in [6.45, 7) is 3.28. The molecule has 1 fully saturated rings. The maximum atomic E-state index is 6.44. The summed E-state index contributed by atoms with van der Waals surface area (Å²) in [5.74, 6) is 1.74. The van der Waals surface area contributed by atoms with Gasteiger partial charge >= 0.3 is 0 Å². The van der Waals surface area contributed by atoms with Crippen molar-refractivity contribution in [2.24, 2.45) is 0 Å². The van der Waals surface area contributed by atoms with Crippen LogP contribution in [0.2, 0.25) is 5.02 Å². The summed E-state index contributed by atoms with van der Waals surface area (Å²) in [6.07, 6.45) is 7.56. The molecule has 2 unspecified atom stereocenters. The topological polar surface area (TPSA) is 76.4 Å². The van der Waals surface area contributed by atoms with Crippen LogP contribution in [-0.2, 0) is 0 Å². The molecule has 1 saturated heterocycles. The number of methoxy groups -OCH3 is 1. The van der Waals surface area contributed by atoms with E-state index in [1.807, 2.05) is 34.9 Å². The van der Waals surface area contributed by atoms with Crippen molar-refractivity contribution >= 4 is 28.9 Å². The van der Waals surface area contributed by atoms with E-state index in [0.717, 1.165) is 42.2 Å². The third-order valence-electron chi connectivity index (χ3n) is 5.97. The van der Waals surface area contributed by atoms with Gasteiger partial charge < -0.3 is 15.4 Å². The first-order chi connectivity index (χ1) is 15.6. The molecule has 1 aliphatic heterocycles. The molecule has 2 N–H and O–H groups in total. The Hall–Kier alpha value is -3.16. The molecular weight excluding hydrogens is 424 g/mol. The Morgan fingerprint density at radius 1 is 1.19 bits per heavy atom. The van der Waals surface area contributed by atoms with E-state index >= 15 is 0 Å². The standard InChI is InChI=1S/C24H25ClN6O/c1-15-11-17(8-9-26-15)16-6-7-19(21(12-16)32-2)29-24-28-13-18(25)23(30-24)20-14-27-22-5-3-4-10-31(20)22/h3-7,10,12-15,17,26H,8-9,11H2,1-2H3,(H,28,29,30). The van der Waals surface area contributed by atoms with E-state index in [1.54, 1.807) is 19.5 Å². The predicted octanol–water partition coefficient (Wildman–Crippen LogP) is 5.05. The van der Waals surface area contributed by atoms with Crippen molar-refractivity contribution in [3.63, 3.8) is 0 Å². The number of pyridine rings is 1. The number of nitrogens with zero attached hydrogens (tertiary/aromatic N) is 4. The second-order valence-electron chi connectivity index (χ2n) is 8.12. The Balaban J connectivity index is 1.45. The third-order valence-corrected chi connectivity index (χ3v) is 6.25. The highest BCUT2D eigenvalue weighted by atomic mass is 35.5. The van der Waals surface area contributed by atoms with Crippen LogP contribution in [0.25, 0.3) is 17.0 Å². The van der Waals surface area contributed by atoms with Crippen molar-refractivity contribution in [1.29, 1.82) is 0 Å². The van der Waals surface area contributed by atoms with Crippen molar-refractivity contribution < 1.29 is 4.74 Å². The lowest BCUT2D eigenvalue weighted by Gasteiger charge is -2.28. The summed E-state index contributed by atoms with van der Waals surface area (Å²) in [4.78, 5) is 13.5. The van der Waals surface area contributed by atoms with Gasteiger partial charge in [-0.05, 0) is 62.1 Å². The lowest BCUT2D eigenvalue weighted by molar-refractivity contribution is 0.378. The van der Waals surface area contributed by atoms with Crippen LogP contribution in [0.1, 0.15) is 31.2 Å². The molecule has 8 heteroatoms. The Labute approximate surface area is 191 Å². The van der Waals surface area contributed by atoms with E-state index in [2.05, 4.69) is 44.6 Å². The number of anilines is 2. The average Bonchev–Trinajstić information content (AvgIpc) is 3.24. The van der Waals surface area contributed by atoms with Gasteiger partial charge in [0.2, 0.25) is 5.95 Å². The Morgan fingerprint density at radius 2 is 2.09 bits per heavy atom. The zero-order chi connectivity index (χ0) is 22.1. The minimum Gasteiger partial charge on any atom is -0.495 e. The number of fused-ring (bicyclic) bond motifs is 1. The fourth-order valence-electron chi connectivity index (χ4n) is 4.33. The van der Waals surface area contributed by atoms with Crippen LogP contribution in [0.15, 0.2) is 55.0 Å². The molecule has 1 aliphatic rings. The molecule has 0 bridgehead atoms. The van der Waals surface area contributed by atoms with Crippen molar-refractivity contribution in [3.05, 3.63) is 65.6 Å². The normalized spacial score (nSPS) is 18.6. The molecule has 4 heterocycles. The van der Waals surface area contributed by atoms with Gasteiger partial charge in [-0.1, -0.05) is 23.7 Å². The fraction of sp³-hybridized carbons (Fsp3) is 0.292. The Kier molecular flexibility index (Phi) is 5.68. The van der Waals surface area contributed by atoms with Gasteiger partial charge in [-0.15, -0.1) is 0 Å². The van der Waals surface area contributed by atoms with Crippen molar-refractivity contribution in [2.75, 3.05) is 19.0 Å². The molecule has 0 radical (unpaired) electrons. The SMILES string of the molecule is COc1cc(C2CCNC(C)C2)ccc1Nc1ncc(Cl)c(-c2cnc3ccccn23)n1. The molecule has 164 valence electrons. The molecular formula is C24H25ClN6O. The van der Waals surface area contributed by atoms with Gasteiger partial charge in [0.25, 0.3) is 0 Å². The minimum atomic E-state index is 0.441. The number of ether oxygens (including phenoxy) is 1. The summed E-state index contributed by atoms with van der Waals surface area (Å²) < 4.78 is 7.64. The highest BCUT2D eigenvalue weighted by molar-refractivity contribution is 6.32. The fourth-order valence-corrected chi connectivity index (χ4v) is 4.52. The van der Waals surface area contributed by atoms with Crippen LogP contribution in [0.3, 0.4) is 0 Å². The van der Waals surface area contributed by atoms with Gasteiger partial charge in [0.15, 0.2) is 0 Å². The lowest BCUT2D eigenvalue weighted by atomic mass is 9.87. The number of aromatic nitrogens is 4. The molecule has 0 amide bonds. The number of piperidine rings is 1. The predicted molar refractivity (Wildman–Crippen MR) is 127 cm³/mol. The summed E-state index contributed by atoms with van der Waals surface area (Å²) in [5, 5.41) is 7.26. The molecule has 0 spiro atoms. The van der Waals surface area contributed by atoms with Gasteiger partial charge in [-0.3, -0.25) is 4.40 Å². The number of rotatable bonds is 5. The van der Waals surface area contributed by atoms with Crippen molar-refractivity contribution in [1.82, 2.24) is 24.7 Å². The number of nitrogens with one attached hydrogen (secondary N) is 2. The smallest absolute Gasteiger partial charge is 0.227 e. The lowest BCUT2D eigenvalue weighted by Crippen LogP contribution is -2.34. The largest absolute Gasteiger partial charge is 0.495 e. The first kappa shape index (κ1) is 20.7. The molecule has 0 saturated carbocycles. The average molecular weight is 449 g/mol. The molecule has 2 atom stereocenters. The maximum absolute atomic E-state index is 6.44. The number of imidazole rings is 1. The number of hydrogen-bond donors (Lipinski definition) is 2. The number of benzene rings is 1. The second-order valence-corrected chi connectivity index (χ2v) is 8.53. The Morgan fingerprint density at radius 3 is 2.94 bits per heavy atom. The number of halogens is 1. The van der Waals surface area contributed by atoms with Gasteiger partial charge in [-0.25, -0.2) is 15.0 Å². The summed E-state index contributed by atoms with van der Waals surface area (Å²) in [6, 6.07) is 12.7. The zero-order valence-electron chi connectivity index (χ0n) is 18.0. The highest BCUT2D eigenvalue weighted by Crippen LogP contribution is 2.35. The minimum absolute atomic E-state index is 0.441. The maximum Gasteiger partial charge on any atom is 0.227 e. The van der Waals surface area contributed by atoms with Gasteiger partial charge in [0.1, 0.15) is 17.1 Å². The van der Waals surface area contributed by atoms with Crippen LogP contribution < -0.4 is 15.4 Å². The first-order valence-corrected chi connectivity index (χ1v) is 11.1. The van der Waals surface area contributed by atoms with Gasteiger partial charge in [-0.2, -0.15) is 0 Å². The van der Waals surface area contributed by atoms with Crippen LogP contribution in [-0.4, -0.2) is 39.0 Å². The zero-order valence-corrected chi connectivity index (χ0v) is 18.8. The number of hydrogen-bond acceptors (Lipinski definition) is 6. The van der Waals surface area contributed by atoms with Crippen LogP contribution in [0, 0.1) is 0 Å². The molecule has 0 aliphatic carbocycles. The molecule has 3 aromatic heterocycles. The highest BCUT2D eigenvalue weighted by Gasteiger charge is 2.21. The Bertz CT molecular complexity index is 1260. The first-order valence-electron chi connectivity index (χ1n) is 10.8. The summed E-state index contributed by atoms with van der Waals surface area (Å²) in [7, 11) is 1.68. The van der Waals surface area contributed by atoms with E-state index in [1.165, 1.54) is 5.56 Å². The van der Waals surface area contributed by atoms with Crippen LogP contribution >= 0.6 is 11.6 Å². The molecule has 4 aromatic rings. The van der Waals surface area contributed by atoms with Crippen molar-refractivity contribution in [2.45, 2.75) is 31.7 Å². The van der Waals surface area contributed by atoms with E-state index in [0.29, 0.717) is 28.6 Å². The summed E-state index contributed by atoms with van der Waals surface area (Å²) >= 11 is 6.44. The van der Waals surface area contributed by atoms with E-state index < -0.39 is 0 Å². The monoisotopic (exact) mass is 448 g/mol. The third kappa shape index (κ3) is 4.01. The van der Waals surface area contributed by atoms with E-state index in [4.69, 9.17) is 16.3 Å². The van der Waals surface area contributed by atoms with E-state index in [-0.39, 0.29) is 0 Å². The quantitative estimate of drug-likeness (QED) is 0.444. The molecule has 7 nitrogen and oxygen atoms in total. The van der Waals surface area contributed by atoms with Gasteiger partial charge in [0, 0.05) is 12.2 Å². The second kappa shape index (κ2) is 8.76. The van der Waals surface area contributed by atoms with E-state index in [9.17, 15) is 0 Å². The van der Waals surface area contributed by atoms with Gasteiger partial charge in [0.05, 0.1) is 35.9 Å². The molecule has 32 heavy (non-hydrogen) atoms.